The molecule has 0 radical (unpaired) electrons. The average molecular weight is 461 g/mol. The van der Waals surface area contributed by atoms with Crippen molar-refractivity contribution in [3.8, 4) is 0 Å². The topological polar surface area (TPSA) is 118 Å². The van der Waals surface area contributed by atoms with E-state index in [-0.39, 0.29) is 18.4 Å². The van der Waals surface area contributed by atoms with Crippen molar-refractivity contribution in [3.05, 3.63) is 66.1 Å². The molecule has 0 spiro atoms. The number of amides is 2. The first-order valence-corrected chi connectivity index (χ1v) is 11.6. The molecule has 9 heteroatoms. The van der Waals surface area contributed by atoms with Gasteiger partial charge in [0.25, 0.3) is 0 Å². The first-order valence-electron chi connectivity index (χ1n) is 11.6. The highest BCUT2D eigenvalue weighted by Crippen LogP contribution is 2.47. The lowest BCUT2D eigenvalue weighted by Gasteiger charge is -2.51. The van der Waals surface area contributed by atoms with Gasteiger partial charge in [-0.1, -0.05) is 37.3 Å². The van der Waals surface area contributed by atoms with Crippen LogP contribution in [-0.2, 0) is 21.6 Å². The first kappa shape index (κ1) is 22.2. The van der Waals surface area contributed by atoms with Gasteiger partial charge < -0.3 is 20.7 Å². The summed E-state index contributed by atoms with van der Waals surface area (Å²) in [6.07, 6.45) is 5.42. The van der Waals surface area contributed by atoms with Gasteiger partial charge in [0.15, 0.2) is 5.65 Å². The zero-order chi connectivity index (χ0) is 23.6. The van der Waals surface area contributed by atoms with E-state index >= 15 is 0 Å². The van der Waals surface area contributed by atoms with Crippen LogP contribution in [0, 0.1) is 5.92 Å². The molecule has 2 saturated heterocycles. The Morgan fingerprint density at radius 2 is 1.94 bits per heavy atom. The molecular weight excluding hydrogens is 432 g/mol. The summed E-state index contributed by atoms with van der Waals surface area (Å²) in [4.78, 5) is 40.0. The zero-order valence-electron chi connectivity index (χ0n) is 19.1. The Bertz CT molecular complexity index is 1200. The number of benzene rings is 1. The van der Waals surface area contributed by atoms with E-state index in [4.69, 9.17) is 4.74 Å². The van der Waals surface area contributed by atoms with E-state index in [1.807, 2.05) is 36.4 Å². The summed E-state index contributed by atoms with van der Waals surface area (Å²) < 4.78 is 5.56. The molecular formula is C25H28N6O3. The molecule has 2 fully saturated rings. The second-order valence-electron chi connectivity index (χ2n) is 9.21. The molecule has 3 atom stereocenters. The van der Waals surface area contributed by atoms with Crippen LogP contribution >= 0.6 is 0 Å². The highest BCUT2D eigenvalue weighted by molar-refractivity contribution is 5.95. The van der Waals surface area contributed by atoms with Gasteiger partial charge in [-0.25, -0.2) is 14.8 Å². The number of ether oxygens (including phenoxy) is 1. The Morgan fingerprint density at radius 1 is 1.15 bits per heavy atom. The van der Waals surface area contributed by atoms with Gasteiger partial charge in [0.2, 0.25) is 5.91 Å². The number of hydrogen-bond donors (Lipinski definition) is 3. The largest absolute Gasteiger partial charge is 0.445 e. The fourth-order valence-electron chi connectivity index (χ4n) is 5.55. The Balaban J connectivity index is 1.57. The number of pyridine rings is 1. The Hall–Kier alpha value is -3.59. The molecule has 0 aliphatic carbocycles. The Kier molecular flexibility index (Phi) is 5.87. The van der Waals surface area contributed by atoms with Crippen LogP contribution in [0.1, 0.15) is 30.9 Å². The molecule has 176 valence electrons. The van der Waals surface area contributed by atoms with E-state index in [9.17, 15) is 9.59 Å². The third-order valence-electron chi connectivity index (χ3n) is 7.02. The predicted molar refractivity (Wildman–Crippen MR) is 126 cm³/mol. The molecule has 1 aromatic carbocycles. The monoisotopic (exact) mass is 460 g/mol. The zero-order valence-corrected chi connectivity index (χ0v) is 19.1. The lowest BCUT2D eigenvalue weighted by Crippen LogP contribution is -2.71. The smallest absolute Gasteiger partial charge is 0.408 e. The number of aromatic nitrogens is 3. The van der Waals surface area contributed by atoms with Crippen molar-refractivity contribution in [1.82, 2.24) is 30.9 Å². The van der Waals surface area contributed by atoms with Crippen LogP contribution in [0.3, 0.4) is 0 Å². The number of nitrogens with zero attached hydrogens (tertiary/aromatic N) is 3. The van der Waals surface area contributed by atoms with Crippen molar-refractivity contribution in [1.29, 1.82) is 0 Å². The predicted octanol–water partition coefficient (Wildman–Crippen LogP) is 2.08. The van der Waals surface area contributed by atoms with Gasteiger partial charge in [-0.15, -0.1) is 0 Å². The fourth-order valence-corrected chi connectivity index (χ4v) is 5.55. The van der Waals surface area contributed by atoms with E-state index < -0.39 is 17.0 Å². The number of alkyl carbamates (subject to hydrolysis) is 1. The Morgan fingerprint density at radius 3 is 2.71 bits per heavy atom. The average Bonchev–Trinajstić information content (AvgIpc) is 3.24. The van der Waals surface area contributed by atoms with Gasteiger partial charge in [0, 0.05) is 37.1 Å². The van der Waals surface area contributed by atoms with Crippen molar-refractivity contribution in [2.24, 2.45) is 5.92 Å². The van der Waals surface area contributed by atoms with Crippen molar-refractivity contribution < 1.29 is 14.3 Å². The molecule has 2 aromatic heterocycles. The molecule has 34 heavy (non-hydrogen) atoms. The van der Waals surface area contributed by atoms with Gasteiger partial charge in [0.05, 0.1) is 0 Å². The van der Waals surface area contributed by atoms with Crippen molar-refractivity contribution >= 4 is 23.2 Å². The van der Waals surface area contributed by atoms with Crippen molar-refractivity contribution in [2.45, 2.75) is 37.3 Å². The number of nitrogens with one attached hydrogen (secondary N) is 3. The van der Waals surface area contributed by atoms with E-state index in [0.717, 1.165) is 17.7 Å². The second-order valence-corrected chi connectivity index (χ2v) is 9.21. The number of piperidine rings is 1. The standard InChI is InChI=1S/C25H28N6O3/c1-17-13-24(16-26-14-17,19-7-9-28-21-20(19)27-11-12-29-21)25(8-10-30-22(25)32)31-23(33)34-15-18-5-3-2-4-6-18/h2-7,9,11-12,17,26H,8,10,13-16H2,1H3,(H,30,32)(H,31,33)/t17-,24-,25-/m0/s1. The molecule has 2 aliphatic heterocycles. The molecule has 2 aliphatic rings. The van der Waals surface area contributed by atoms with Crippen molar-refractivity contribution in [3.63, 3.8) is 0 Å². The number of hydrogen-bond acceptors (Lipinski definition) is 7. The van der Waals surface area contributed by atoms with Crippen LogP contribution in [-0.4, -0.2) is 52.1 Å². The van der Waals surface area contributed by atoms with E-state index in [1.54, 1.807) is 18.6 Å². The molecule has 9 nitrogen and oxygen atoms in total. The van der Waals surface area contributed by atoms with Crippen LogP contribution < -0.4 is 16.0 Å². The molecule has 3 aromatic rings. The molecule has 0 saturated carbocycles. The number of rotatable bonds is 5. The minimum atomic E-state index is -1.21. The summed E-state index contributed by atoms with van der Waals surface area (Å²) in [5, 5.41) is 9.48. The lowest BCUT2D eigenvalue weighted by molar-refractivity contribution is -0.128. The van der Waals surface area contributed by atoms with Crippen LogP contribution in [0.5, 0.6) is 0 Å². The van der Waals surface area contributed by atoms with Crippen LogP contribution in [0.25, 0.3) is 11.2 Å². The van der Waals surface area contributed by atoms with Gasteiger partial charge in [-0.05, 0) is 42.5 Å². The van der Waals surface area contributed by atoms with Crippen molar-refractivity contribution in [2.75, 3.05) is 19.6 Å². The Labute approximate surface area is 197 Å². The maximum Gasteiger partial charge on any atom is 0.408 e. The molecule has 4 heterocycles. The van der Waals surface area contributed by atoms with Crippen LogP contribution in [0.15, 0.2) is 55.0 Å². The summed E-state index contributed by atoms with van der Waals surface area (Å²) in [6.45, 7) is 4.05. The summed E-state index contributed by atoms with van der Waals surface area (Å²) in [5.41, 5.74) is 0.894. The molecule has 2 amide bonds. The maximum absolute atomic E-state index is 13.6. The highest BCUT2D eigenvalue weighted by atomic mass is 16.5. The molecule has 0 unspecified atom stereocenters. The number of carbonyl (C=O) groups is 2. The third kappa shape index (κ3) is 3.75. The summed E-state index contributed by atoms with van der Waals surface area (Å²) in [7, 11) is 0. The van der Waals surface area contributed by atoms with Gasteiger partial charge in [-0.3, -0.25) is 9.78 Å². The summed E-state index contributed by atoms with van der Waals surface area (Å²) in [6, 6.07) is 11.4. The van der Waals surface area contributed by atoms with E-state index in [2.05, 4.69) is 37.8 Å². The normalized spacial score (nSPS) is 26.7. The third-order valence-corrected chi connectivity index (χ3v) is 7.02. The second kappa shape index (κ2) is 8.98. The minimum absolute atomic E-state index is 0.121. The number of fused-ring (bicyclic) bond motifs is 1. The van der Waals surface area contributed by atoms with Gasteiger partial charge in [-0.2, -0.15) is 0 Å². The SMILES string of the molecule is C[C@@H]1CNC[C@@](c2ccnc3nccnc23)([C@]2(NC(=O)OCc3ccccc3)CCNC2=O)C1. The van der Waals surface area contributed by atoms with Crippen LogP contribution in [0.4, 0.5) is 4.79 Å². The molecule has 5 rings (SSSR count). The van der Waals surface area contributed by atoms with E-state index in [1.165, 1.54) is 0 Å². The fraction of sp³-hybridized carbons (Fsp3) is 0.400. The van der Waals surface area contributed by atoms with Gasteiger partial charge >= 0.3 is 6.09 Å². The summed E-state index contributed by atoms with van der Waals surface area (Å²) in [5.74, 6) is 0.0509. The maximum atomic E-state index is 13.6. The first-order chi connectivity index (χ1) is 16.5. The molecule has 0 bridgehead atoms. The van der Waals surface area contributed by atoms with Crippen LogP contribution in [0.2, 0.25) is 0 Å². The van der Waals surface area contributed by atoms with Gasteiger partial charge in [0.1, 0.15) is 17.7 Å². The molecule has 3 N–H and O–H groups in total. The lowest BCUT2D eigenvalue weighted by atomic mass is 9.58. The highest BCUT2D eigenvalue weighted by Gasteiger charge is 2.62. The minimum Gasteiger partial charge on any atom is -0.445 e. The number of carbonyl (C=O) groups excluding carboxylic acids is 2. The van der Waals surface area contributed by atoms with E-state index in [0.29, 0.717) is 37.1 Å². The summed E-state index contributed by atoms with van der Waals surface area (Å²) >= 11 is 0. The quantitative estimate of drug-likeness (QED) is 0.533.